The summed E-state index contributed by atoms with van der Waals surface area (Å²) in [5.41, 5.74) is -1.30. The van der Waals surface area contributed by atoms with Crippen molar-refractivity contribution in [2.24, 2.45) is 0 Å². The Morgan fingerprint density at radius 2 is 1.56 bits per heavy atom. The van der Waals surface area contributed by atoms with E-state index in [0.717, 1.165) is 37.2 Å². The molecule has 176 valence electrons. The van der Waals surface area contributed by atoms with E-state index in [0.29, 0.717) is 17.4 Å². The summed E-state index contributed by atoms with van der Waals surface area (Å²) in [6.07, 6.45) is 0.00860. The summed E-state index contributed by atoms with van der Waals surface area (Å²) >= 11 is 0. The zero-order valence-electron chi connectivity index (χ0n) is 18.7. The number of fused-ring (bicyclic) bond motifs is 1. The van der Waals surface area contributed by atoms with Gasteiger partial charge in [-0.3, -0.25) is 4.90 Å². The standard InChI is InChI=1S/C27H26F3N3O/c28-27(29,30)26(34,22-9-7-8-20(16-22)19-32-14-5-2-6-15-32)23-12-13-25-21(17-23)18-31-33(25)24-10-3-1-4-11-24/h1,3-4,7-13,16-18,34H,2,5-6,14-15,19H2. The third-order valence-corrected chi connectivity index (χ3v) is 6.60. The molecule has 1 N–H and O–H groups in total. The maximum absolute atomic E-state index is 14.5. The van der Waals surface area contributed by atoms with Gasteiger partial charge in [0.05, 0.1) is 17.4 Å². The third-order valence-electron chi connectivity index (χ3n) is 6.60. The zero-order chi connectivity index (χ0) is 23.8. The topological polar surface area (TPSA) is 41.3 Å². The molecule has 2 heterocycles. The maximum atomic E-state index is 14.5. The summed E-state index contributed by atoms with van der Waals surface area (Å²) in [7, 11) is 0. The van der Waals surface area contributed by atoms with Gasteiger partial charge in [0.1, 0.15) is 0 Å². The zero-order valence-corrected chi connectivity index (χ0v) is 18.7. The molecule has 0 amide bonds. The van der Waals surface area contributed by atoms with Crippen molar-refractivity contribution in [2.75, 3.05) is 13.1 Å². The number of para-hydroxylation sites is 1. The van der Waals surface area contributed by atoms with Crippen LogP contribution in [0.25, 0.3) is 16.6 Å². The number of aliphatic hydroxyl groups is 1. The van der Waals surface area contributed by atoms with Gasteiger partial charge in [-0.05, 0) is 66.9 Å². The Labute approximate surface area is 196 Å². The Bertz CT molecular complexity index is 1280. The average Bonchev–Trinajstić information content (AvgIpc) is 3.27. The van der Waals surface area contributed by atoms with Crippen LogP contribution in [0.15, 0.2) is 79.0 Å². The molecule has 1 aromatic heterocycles. The quantitative estimate of drug-likeness (QED) is 0.405. The summed E-state index contributed by atoms with van der Waals surface area (Å²) in [5, 5.41) is 16.1. The van der Waals surface area contributed by atoms with Crippen LogP contribution in [0, 0.1) is 0 Å². The molecule has 3 aromatic carbocycles. The highest BCUT2D eigenvalue weighted by atomic mass is 19.4. The number of hydrogen-bond donors (Lipinski definition) is 1. The molecule has 1 atom stereocenters. The second kappa shape index (κ2) is 8.89. The second-order valence-electron chi connectivity index (χ2n) is 8.91. The van der Waals surface area contributed by atoms with Gasteiger partial charge in [0.2, 0.25) is 5.60 Å². The summed E-state index contributed by atoms with van der Waals surface area (Å²) in [5.74, 6) is 0. The van der Waals surface area contributed by atoms with E-state index in [-0.39, 0.29) is 11.1 Å². The van der Waals surface area contributed by atoms with Crippen LogP contribution in [0.5, 0.6) is 0 Å². The lowest BCUT2D eigenvalue weighted by Gasteiger charge is -2.32. The van der Waals surface area contributed by atoms with Crippen LogP contribution in [0.3, 0.4) is 0 Å². The lowest BCUT2D eigenvalue weighted by molar-refractivity contribution is -0.248. The molecule has 1 aliphatic rings. The van der Waals surface area contributed by atoms with Crippen LogP contribution in [-0.4, -0.2) is 39.1 Å². The van der Waals surface area contributed by atoms with Gasteiger partial charge in [-0.2, -0.15) is 18.3 Å². The first kappa shape index (κ1) is 22.6. The van der Waals surface area contributed by atoms with Crippen molar-refractivity contribution in [1.82, 2.24) is 14.7 Å². The molecule has 4 nitrogen and oxygen atoms in total. The van der Waals surface area contributed by atoms with E-state index in [1.54, 1.807) is 16.8 Å². The lowest BCUT2D eigenvalue weighted by atomic mass is 9.84. The molecule has 4 aromatic rings. The van der Waals surface area contributed by atoms with Gasteiger partial charge >= 0.3 is 6.18 Å². The minimum atomic E-state index is -4.90. The summed E-state index contributed by atoms with van der Waals surface area (Å²) < 4.78 is 45.0. The van der Waals surface area contributed by atoms with Crippen molar-refractivity contribution in [3.05, 3.63) is 95.7 Å². The van der Waals surface area contributed by atoms with E-state index in [2.05, 4.69) is 10.00 Å². The number of rotatable bonds is 5. The van der Waals surface area contributed by atoms with Crippen molar-refractivity contribution in [1.29, 1.82) is 0 Å². The fourth-order valence-corrected chi connectivity index (χ4v) is 4.80. The van der Waals surface area contributed by atoms with Crippen LogP contribution in [0.2, 0.25) is 0 Å². The molecular formula is C27H26F3N3O. The molecular weight excluding hydrogens is 439 g/mol. The molecule has 0 radical (unpaired) electrons. The Morgan fingerprint density at radius 3 is 2.29 bits per heavy atom. The lowest BCUT2D eigenvalue weighted by Crippen LogP contribution is -2.43. The van der Waals surface area contributed by atoms with Crippen LogP contribution in [-0.2, 0) is 12.1 Å². The largest absolute Gasteiger partial charge is 0.425 e. The second-order valence-corrected chi connectivity index (χ2v) is 8.91. The molecule has 0 bridgehead atoms. The molecule has 1 aliphatic heterocycles. The smallest absolute Gasteiger partial charge is 0.372 e. The monoisotopic (exact) mass is 465 g/mol. The van der Waals surface area contributed by atoms with Gasteiger partial charge in [-0.25, -0.2) is 4.68 Å². The number of aromatic nitrogens is 2. The summed E-state index contributed by atoms with van der Waals surface area (Å²) in [6.45, 7) is 2.45. The highest BCUT2D eigenvalue weighted by Crippen LogP contribution is 2.45. The molecule has 5 rings (SSSR count). The Hall–Kier alpha value is -3.16. The van der Waals surface area contributed by atoms with Crippen molar-refractivity contribution in [2.45, 2.75) is 37.6 Å². The van der Waals surface area contributed by atoms with E-state index in [4.69, 9.17) is 0 Å². The Morgan fingerprint density at radius 1 is 0.824 bits per heavy atom. The predicted molar refractivity (Wildman–Crippen MR) is 126 cm³/mol. The van der Waals surface area contributed by atoms with Gasteiger partial charge in [0.15, 0.2) is 0 Å². The Kier molecular flexibility index (Phi) is 5.91. The van der Waals surface area contributed by atoms with E-state index < -0.39 is 11.8 Å². The van der Waals surface area contributed by atoms with E-state index >= 15 is 0 Å². The van der Waals surface area contributed by atoms with Gasteiger partial charge in [0.25, 0.3) is 0 Å². The molecule has 34 heavy (non-hydrogen) atoms. The van der Waals surface area contributed by atoms with Gasteiger partial charge in [-0.15, -0.1) is 0 Å². The predicted octanol–water partition coefficient (Wildman–Crippen LogP) is 5.81. The first-order valence-electron chi connectivity index (χ1n) is 11.5. The van der Waals surface area contributed by atoms with Gasteiger partial charge in [0, 0.05) is 11.9 Å². The first-order valence-corrected chi connectivity index (χ1v) is 11.5. The Balaban J connectivity index is 1.54. The number of hydrogen-bond acceptors (Lipinski definition) is 3. The van der Waals surface area contributed by atoms with E-state index in [9.17, 15) is 18.3 Å². The molecule has 7 heteroatoms. The van der Waals surface area contributed by atoms with Gasteiger partial charge < -0.3 is 5.11 Å². The van der Waals surface area contributed by atoms with Crippen molar-refractivity contribution in [3.63, 3.8) is 0 Å². The number of halogens is 3. The molecule has 1 unspecified atom stereocenters. The molecule has 0 saturated carbocycles. The van der Waals surface area contributed by atoms with E-state index in [1.807, 2.05) is 36.4 Å². The maximum Gasteiger partial charge on any atom is 0.425 e. The van der Waals surface area contributed by atoms with Crippen LogP contribution in [0.4, 0.5) is 13.2 Å². The summed E-state index contributed by atoms with van der Waals surface area (Å²) in [4.78, 5) is 2.25. The summed E-state index contributed by atoms with van der Waals surface area (Å²) in [6, 6.07) is 19.9. The van der Waals surface area contributed by atoms with E-state index in [1.165, 1.54) is 36.9 Å². The molecule has 0 aliphatic carbocycles. The molecule has 1 fully saturated rings. The van der Waals surface area contributed by atoms with Crippen LogP contribution >= 0.6 is 0 Å². The minimum Gasteiger partial charge on any atom is -0.372 e. The van der Waals surface area contributed by atoms with Gasteiger partial charge in [-0.1, -0.05) is 55.0 Å². The third kappa shape index (κ3) is 4.10. The molecule has 0 spiro atoms. The number of benzene rings is 3. The number of nitrogens with zero attached hydrogens (tertiary/aromatic N) is 3. The average molecular weight is 466 g/mol. The van der Waals surface area contributed by atoms with Crippen molar-refractivity contribution < 1.29 is 18.3 Å². The van der Waals surface area contributed by atoms with Crippen LogP contribution < -0.4 is 0 Å². The first-order chi connectivity index (χ1) is 16.4. The number of piperidine rings is 1. The number of likely N-dealkylation sites (tertiary alicyclic amines) is 1. The van der Waals surface area contributed by atoms with Crippen molar-refractivity contribution >= 4 is 10.9 Å². The minimum absolute atomic E-state index is 0.177. The normalized spacial score (nSPS) is 17.1. The fraction of sp³-hybridized carbons (Fsp3) is 0.296. The van der Waals surface area contributed by atoms with Crippen molar-refractivity contribution in [3.8, 4) is 5.69 Å². The highest BCUT2D eigenvalue weighted by molar-refractivity contribution is 5.81. The molecule has 1 saturated heterocycles. The highest BCUT2D eigenvalue weighted by Gasteiger charge is 2.56. The number of alkyl halides is 3. The SMILES string of the molecule is OC(c1cccc(CN2CCCCC2)c1)(c1ccc2c(cnn2-c2ccccc2)c1)C(F)(F)F. The fourth-order valence-electron chi connectivity index (χ4n) is 4.80. The van der Waals surface area contributed by atoms with Crippen LogP contribution in [0.1, 0.15) is 36.0 Å².